The summed E-state index contributed by atoms with van der Waals surface area (Å²) in [7, 11) is -4.75. The van der Waals surface area contributed by atoms with Crippen molar-refractivity contribution in [1.82, 2.24) is 5.32 Å². The largest absolute Gasteiger partial charge is 0.439 e. The van der Waals surface area contributed by atoms with E-state index in [0.717, 1.165) is 12.5 Å². The third-order valence-corrected chi connectivity index (χ3v) is 10.9. The molecule has 0 aromatic carbocycles. The average Bonchev–Trinajstić information content (AvgIpc) is 2.18. The first kappa shape index (κ1) is 19.8. The summed E-state index contributed by atoms with van der Waals surface area (Å²) in [6.07, 6.45) is 0.908. The molecule has 0 aromatic heterocycles. The van der Waals surface area contributed by atoms with Crippen LogP contribution >= 0.6 is 0 Å². The monoisotopic (exact) mass is 333 g/mol. The summed E-state index contributed by atoms with van der Waals surface area (Å²) in [5.74, 6) is -0.0690. The Labute approximate surface area is 128 Å². The highest BCUT2D eigenvalue weighted by atomic mass is 28.4. The van der Waals surface area contributed by atoms with E-state index in [2.05, 4.69) is 51.2 Å². The molecule has 0 spiro atoms. The van der Waals surface area contributed by atoms with E-state index in [-0.39, 0.29) is 5.91 Å². The second-order valence-corrected chi connectivity index (χ2v) is 18.8. The SMILES string of the molecule is C=C(C)C(=O)NCCC[SiH](O[Si](C)(C)C)O[Si](C)(C)C. The quantitative estimate of drug-likeness (QED) is 0.401. The average molecular weight is 334 g/mol. The van der Waals surface area contributed by atoms with Gasteiger partial charge in [0.15, 0.2) is 16.6 Å². The van der Waals surface area contributed by atoms with Crippen LogP contribution in [0.25, 0.3) is 0 Å². The molecule has 0 bridgehead atoms. The summed E-state index contributed by atoms with van der Waals surface area (Å²) in [4.78, 5) is 11.4. The maximum absolute atomic E-state index is 11.4. The van der Waals surface area contributed by atoms with Crippen LogP contribution < -0.4 is 5.32 Å². The van der Waals surface area contributed by atoms with Gasteiger partial charge in [0.05, 0.1) is 0 Å². The molecule has 1 N–H and O–H groups in total. The van der Waals surface area contributed by atoms with Crippen LogP contribution in [0, 0.1) is 0 Å². The summed E-state index contributed by atoms with van der Waals surface area (Å²) in [6.45, 7) is 19.2. The summed E-state index contributed by atoms with van der Waals surface area (Å²) in [5, 5.41) is 2.86. The standard InChI is InChI=1S/C13H31NO3Si3/c1-12(2)13(15)14-10-9-11-18(16-19(3,4)5)17-20(6,7)8/h18H,1,9-11H2,2-8H3,(H,14,15). The van der Waals surface area contributed by atoms with Gasteiger partial charge in [0, 0.05) is 12.1 Å². The van der Waals surface area contributed by atoms with Crippen LogP contribution in [-0.2, 0) is 13.0 Å². The van der Waals surface area contributed by atoms with Crippen molar-refractivity contribution in [3.8, 4) is 0 Å². The van der Waals surface area contributed by atoms with Gasteiger partial charge in [-0.1, -0.05) is 6.58 Å². The summed E-state index contributed by atoms with van der Waals surface area (Å²) in [6, 6.07) is 0.949. The number of carbonyl (C=O) groups is 1. The summed E-state index contributed by atoms with van der Waals surface area (Å²) in [5.41, 5.74) is 0.551. The molecular formula is C13H31NO3Si3. The molecule has 118 valence electrons. The van der Waals surface area contributed by atoms with Crippen LogP contribution in [0.15, 0.2) is 12.2 Å². The molecule has 1 amide bonds. The molecular weight excluding hydrogens is 302 g/mol. The van der Waals surface area contributed by atoms with Crippen LogP contribution in [0.1, 0.15) is 13.3 Å². The molecule has 0 saturated carbocycles. The Morgan fingerprint density at radius 1 is 1.10 bits per heavy atom. The Kier molecular flexibility index (Phi) is 8.19. The third kappa shape index (κ3) is 11.6. The lowest BCUT2D eigenvalue weighted by atomic mass is 10.3. The maximum Gasteiger partial charge on any atom is 0.300 e. The van der Waals surface area contributed by atoms with Gasteiger partial charge in [0.2, 0.25) is 5.91 Å². The molecule has 0 atom stereocenters. The van der Waals surface area contributed by atoms with Crippen molar-refractivity contribution in [2.24, 2.45) is 0 Å². The zero-order valence-electron chi connectivity index (χ0n) is 14.1. The maximum atomic E-state index is 11.4. The molecule has 0 aliphatic carbocycles. The van der Waals surface area contributed by atoms with Gasteiger partial charge in [-0.05, 0) is 58.7 Å². The Morgan fingerprint density at radius 2 is 1.55 bits per heavy atom. The molecule has 0 unspecified atom stereocenters. The molecule has 0 aliphatic heterocycles. The number of hydrogen-bond donors (Lipinski definition) is 1. The van der Waals surface area contributed by atoms with Crippen LogP contribution in [0.2, 0.25) is 45.3 Å². The molecule has 0 saturated heterocycles. The molecule has 0 radical (unpaired) electrons. The number of carbonyl (C=O) groups excluding carboxylic acids is 1. The molecule has 0 aromatic rings. The van der Waals surface area contributed by atoms with Crippen molar-refractivity contribution in [3.63, 3.8) is 0 Å². The fourth-order valence-corrected chi connectivity index (χ4v) is 9.97. The number of nitrogens with one attached hydrogen (secondary N) is 1. The van der Waals surface area contributed by atoms with Gasteiger partial charge < -0.3 is 13.5 Å². The molecule has 7 heteroatoms. The first-order valence-electron chi connectivity index (χ1n) is 7.20. The smallest absolute Gasteiger partial charge is 0.300 e. The fraction of sp³-hybridized carbons (Fsp3) is 0.769. The Hall–Kier alpha value is -0.219. The van der Waals surface area contributed by atoms with Crippen LogP contribution in [0.4, 0.5) is 0 Å². The number of amides is 1. The minimum absolute atomic E-state index is 0.0690. The predicted molar refractivity (Wildman–Crippen MR) is 93.3 cm³/mol. The predicted octanol–water partition coefficient (Wildman–Crippen LogP) is 2.99. The van der Waals surface area contributed by atoms with Crippen LogP contribution in [0.5, 0.6) is 0 Å². The van der Waals surface area contributed by atoms with Crippen LogP contribution in [0.3, 0.4) is 0 Å². The van der Waals surface area contributed by atoms with Crippen LogP contribution in [-0.4, -0.2) is 38.4 Å². The Morgan fingerprint density at radius 3 is 1.90 bits per heavy atom. The van der Waals surface area contributed by atoms with Crippen molar-refractivity contribution >= 4 is 31.8 Å². The van der Waals surface area contributed by atoms with E-state index >= 15 is 0 Å². The summed E-state index contributed by atoms with van der Waals surface area (Å²) < 4.78 is 12.5. The Bertz CT molecular complexity index is 319. The molecule has 20 heavy (non-hydrogen) atoms. The minimum atomic E-state index is -1.62. The second kappa shape index (κ2) is 8.28. The zero-order valence-corrected chi connectivity index (χ0v) is 17.3. The lowest BCUT2D eigenvalue weighted by Gasteiger charge is -2.30. The van der Waals surface area contributed by atoms with E-state index in [1.807, 2.05) is 0 Å². The molecule has 0 rings (SSSR count). The second-order valence-electron chi connectivity index (χ2n) is 7.07. The van der Waals surface area contributed by atoms with E-state index in [1.165, 1.54) is 0 Å². The lowest BCUT2D eigenvalue weighted by molar-refractivity contribution is -0.117. The summed E-state index contributed by atoms with van der Waals surface area (Å²) >= 11 is 0. The minimum Gasteiger partial charge on any atom is -0.439 e. The van der Waals surface area contributed by atoms with Gasteiger partial charge in [-0.15, -0.1) is 0 Å². The van der Waals surface area contributed by atoms with Crippen molar-refractivity contribution < 1.29 is 13.0 Å². The molecule has 0 heterocycles. The van der Waals surface area contributed by atoms with E-state index in [4.69, 9.17) is 8.23 Å². The normalized spacial score (nSPS) is 12.6. The van der Waals surface area contributed by atoms with Gasteiger partial charge in [-0.3, -0.25) is 4.79 Å². The first-order valence-corrected chi connectivity index (χ1v) is 15.8. The van der Waals surface area contributed by atoms with Crippen molar-refractivity contribution in [2.75, 3.05) is 6.54 Å². The van der Waals surface area contributed by atoms with Gasteiger partial charge in [0.25, 0.3) is 0 Å². The Balaban J connectivity index is 4.23. The third-order valence-electron chi connectivity index (χ3n) is 2.26. The molecule has 0 aliphatic rings. The topological polar surface area (TPSA) is 47.6 Å². The number of rotatable bonds is 9. The fourth-order valence-electron chi connectivity index (χ4n) is 1.55. The van der Waals surface area contributed by atoms with E-state index in [0.29, 0.717) is 12.1 Å². The highest BCUT2D eigenvalue weighted by molar-refractivity contribution is 6.81. The highest BCUT2D eigenvalue weighted by Crippen LogP contribution is 2.15. The van der Waals surface area contributed by atoms with E-state index in [9.17, 15) is 4.79 Å². The van der Waals surface area contributed by atoms with Gasteiger partial charge in [-0.25, -0.2) is 0 Å². The van der Waals surface area contributed by atoms with Gasteiger partial charge >= 0.3 is 9.28 Å². The molecule has 0 fully saturated rings. The lowest BCUT2D eigenvalue weighted by Crippen LogP contribution is -2.43. The van der Waals surface area contributed by atoms with Crippen molar-refractivity contribution in [1.29, 1.82) is 0 Å². The van der Waals surface area contributed by atoms with Crippen molar-refractivity contribution in [3.05, 3.63) is 12.2 Å². The number of hydrogen-bond acceptors (Lipinski definition) is 3. The highest BCUT2D eigenvalue weighted by Gasteiger charge is 2.28. The van der Waals surface area contributed by atoms with Gasteiger partial charge in [0.1, 0.15) is 0 Å². The van der Waals surface area contributed by atoms with Gasteiger partial charge in [-0.2, -0.15) is 0 Å². The first-order chi connectivity index (χ1) is 8.91. The van der Waals surface area contributed by atoms with Crippen molar-refractivity contribution in [2.45, 2.75) is 58.7 Å². The zero-order chi connectivity index (χ0) is 16.0. The van der Waals surface area contributed by atoms with E-state index in [1.54, 1.807) is 6.92 Å². The van der Waals surface area contributed by atoms with E-state index < -0.39 is 25.9 Å². The molecule has 4 nitrogen and oxygen atoms in total.